The molecule has 1 aromatic carbocycles. The van der Waals surface area contributed by atoms with Gasteiger partial charge in [-0.15, -0.1) is 0 Å². The molecule has 2 rings (SSSR count). The van der Waals surface area contributed by atoms with Crippen LogP contribution in [0, 0.1) is 15.5 Å². The summed E-state index contributed by atoms with van der Waals surface area (Å²) in [6.07, 6.45) is 2.30. The van der Waals surface area contributed by atoms with Crippen molar-refractivity contribution in [3.63, 3.8) is 0 Å². The predicted molar refractivity (Wildman–Crippen MR) is 80.3 cm³/mol. The topological polar surface area (TPSA) is 105 Å². The van der Waals surface area contributed by atoms with Crippen LogP contribution < -0.4 is 10.1 Å². The lowest BCUT2D eigenvalue weighted by Crippen LogP contribution is -2.18. The fourth-order valence-electron chi connectivity index (χ4n) is 1.69. The van der Waals surface area contributed by atoms with Gasteiger partial charge < -0.3 is 10.1 Å². The van der Waals surface area contributed by atoms with Crippen LogP contribution in [0.5, 0.6) is 5.75 Å². The van der Waals surface area contributed by atoms with E-state index in [1.54, 1.807) is 0 Å². The number of nitrogens with zero attached hydrogens (tertiary/aromatic N) is 1. The van der Waals surface area contributed by atoms with Crippen LogP contribution >= 0.6 is 11.8 Å². The fourth-order valence-corrected chi connectivity index (χ4v) is 2.38. The van der Waals surface area contributed by atoms with Gasteiger partial charge in [0.2, 0.25) is 0 Å². The molecule has 1 aliphatic rings. The second kappa shape index (κ2) is 6.40. The molecule has 1 aromatic rings. The van der Waals surface area contributed by atoms with Crippen molar-refractivity contribution in [2.24, 2.45) is 0 Å². The summed E-state index contributed by atoms with van der Waals surface area (Å²) in [5, 5.41) is 20.6. The third kappa shape index (κ3) is 3.60. The fraction of sp³-hybridized carbons (Fsp3) is 0.231. The minimum absolute atomic E-state index is 0.0349. The molecule has 1 heterocycles. The molecule has 110 valence electrons. The van der Waals surface area contributed by atoms with Crippen molar-refractivity contribution in [3.05, 3.63) is 38.8 Å². The quantitative estimate of drug-likeness (QED) is 0.494. The summed E-state index contributed by atoms with van der Waals surface area (Å²) < 4.78 is 5.53. The van der Waals surface area contributed by atoms with Gasteiger partial charge in [0.1, 0.15) is 5.75 Å². The van der Waals surface area contributed by atoms with Crippen LogP contribution in [0.1, 0.15) is 18.9 Å². The van der Waals surface area contributed by atoms with Crippen LogP contribution in [0.3, 0.4) is 0 Å². The molecule has 21 heavy (non-hydrogen) atoms. The van der Waals surface area contributed by atoms with Gasteiger partial charge in [0.05, 0.1) is 16.4 Å². The monoisotopic (exact) mass is 307 g/mol. The van der Waals surface area contributed by atoms with Crippen LogP contribution in [-0.4, -0.2) is 22.6 Å². The second-order valence-corrected chi connectivity index (χ2v) is 5.27. The van der Waals surface area contributed by atoms with Gasteiger partial charge in [-0.3, -0.25) is 20.3 Å². The summed E-state index contributed by atoms with van der Waals surface area (Å²) >= 11 is 0.974. The summed E-state index contributed by atoms with van der Waals surface area (Å²) in [7, 11) is 0. The lowest BCUT2D eigenvalue weighted by Gasteiger charge is -2.08. The highest BCUT2D eigenvalue weighted by Crippen LogP contribution is 2.31. The number of hydrogen-bond acceptors (Lipinski definition) is 6. The van der Waals surface area contributed by atoms with Crippen LogP contribution in [0.4, 0.5) is 5.69 Å². The third-order valence-electron chi connectivity index (χ3n) is 2.62. The number of benzene rings is 1. The SMILES string of the molecule is CCCOc1ccc([N+](=O)[O-])cc1C=C1SC(=N)NC1=O. The van der Waals surface area contributed by atoms with E-state index in [-0.39, 0.29) is 10.9 Å². The zero-order chi connectivity index (χ0) is 15.4. The first-order chi connectivity index (χ1) is 10.0. The molecule has 0 saturated carbocycles. The molecular weight excluding hydrogens is 294 g/mol. The standard InChI is InChI=1S/C13H13N3O4S/c1-2-5-20-10-4-3-9(16(18)19)6-8(10)7-11-12(17)15-13(14)21-11/h3-4,6-7H,2,5H2,1H3,(H2,14,15,17). The third-order valence-corrected chi connectivity index (χ3v) is 3.44. The van der Waals surface area contributed by atoms with Gasteiger partial charge in [-0.05, 0) is 30.3 Å². The van der Waals surface area contributed by atoms with Crippen molar-refractivity contribution >= 4 is 34.6 Å². The molecule has 1 saturated heterocycles. The Labute approximate surface area is 125 Å². The molecule has 0 spiro atoms. The van der Waals surface area contributed by atoms with Crippen molar-refractivity contribution in [1.82, 2.24) is 5.32 Å². The van der Waals surface area contributed by atoms with Crippen molar-refractivity contribution in [1.29, 1.82) is 5.41 Å². The van der Waals surface area contributed by atoms with E-state index in [0.717, 1.165) is 18.2 Å². The van der Waals surface area contributed by atoms with E-state index in [1.807, 2.05) is 6.92 Å². The summed E-state index contributed by atoms with van der Waals surface area (Å²) in [5.74, 6) is 0.0831. The summed E-state index contributed by atoms with van der Waals surface area (Å²) in [6.45, 7) is 2.42. The second-order valence-electron chi connectivity index (χ2n) is 4.22. The Hall–Kier alpha value is -2.35. The zero-order valence-corrected chi connectivity index (χ0v) is 12.0. The molecule has 7 nitrogen and oxygen atoms in total. The van der Waals surface area contributed by atoms with E-state index < -0.39 is 10.8 Å². The lowest BCUT2D eigenvalue weighted by molar-refractivity contribution is -0.384. The molecule has 0 aliphatic carbocycles. The largest absolute Gasteiger partial charge is 0.493 e. The Kier molecular flexibility index (Phi) is 4.59. The van der Waals surface area contributed by atoms with Gasteiger partial charge in [-0.1, -0.05) is 6.92 Å². The number of carbonyl (C=O) groups is 1. The van der Waals surface area contributed by atoms with E-state index >= 15 is 0 Å². The number of nitro benzene ring substituents is 1. The number of amides is 1. The van der Waals surface area contributed by atoms with Gasteiger partial charge >= 0.3 is 0 Å². The minimum Gasteiger partial charge on any atom is -0.493 e. The molecule has 0 radical (unpaired) electrons. The first-order valence-corrected chi connectivity index (χ1v) is 7.03. The molecule has 0 unspecified atom stereocenters. The van der Waals surface area contributed by atoms with E-state index in [1.165, 1.54) is 24.3 Å². The first-order valence-electron chi connectivity index (χ1n) is 6.22. The van der Waals surface area contributed by atoms with Gasteiger partial charge in [-0.2, -0.15) is 0 Å². The zero-order valence-electron chi connectivity index (χ0n) is 11.2. The van der Waals surface area contributed by atoms with Gasteiger partial charge in [0.25, 0.3) is 11.6 Å². The smallest absolute Gasteiger partial charge is 0.270 e. The number of ether oxygens (including phenoxy) is 1. The van der Waals surface area contributed by atoms with Crippen molar-refractivity contribution in [3.8, 4) is 5.75 Å². The normalized spacial score (nSPS) is 16.1. The lowest BCUT2D eigenvalue weighted by atomic mass is 10.1. The van der Waals surface area contributed by atoms with Crippen molar-refractivity contribution in [2.75, 3.05) is 6.61 Å². The molecular formula is C13H13N3O4S. The van der Waals surface area contributed by atoms with Crippen LogP contribution in [0.25, 0.3) is 6.08 Å². The molecule has 1 amide bonds. The highest BCUT2D eigenvalue weighted by molar-refractivity contribution is 8.18. The molecule has 1 aliphatic heterocycles. The van der Waals surface area contributed by atoms with E-state index in [0.29, 0.717) is 22.8 Å². The van der Waals surface area contributed by atoms with Gasteiger partial charge in [0.15, 0.2) is 5.17 Å². The number of rotatable bonds is 5. The highest BCUT2D eigenvalue weighted by Gasteiger charge is 2.23. The maximum Gasteiger partial charge on any atom is 0.270 e. The van der Waals surface area contributed by atoms with E-state index in [2.05, 4.69) is 5.32 Å². The molecule has 0 aromatic heterocycles. The Morgan fingerprint density at radius 1 is 1.52 bits per heavy atom. The Bertz CT molecular complexity index is 642. The number of amidine groups is 1. The Balaban J connectivity index is 2.40. The Morgan fingerprint density at radius 3 is 2.86 bits per heavy atom. The van der Waals surface area contributed by atoms with Crippen LogP contribution in [0.2, 0.25) is 0 Å². The van der Waals surface area contributed by atoms with E-state index in [9.17, 15) is 14.9 Å². The number of nitrogens with one attached hydrogen (secondary N) is 2. The minimum atomic E-state index is -0.504. The molecule has 0 atom stereocenters. The van der Waals surface area contributed by atoms with Crippen molar-refractivity contribution < 1.29 is 14.5 Å². The molecule has 0 bridgehead atoms. The predicted octanol–water partition coefficient (Wildman–Crippen LogP) is 2.52. The number of hydrogen-bond donors (Lipinski definition) is 2. The molecule has 2 N–H and O–H groups in total. The van der Waals surface area contributed by atoms with Gasteiger partial charge in [0, 0.05) is 17.7 Å². The summed E-state index contributed by atoms with van der Waals surface area (Å²) in [6, 6.07) is 4.23. The van der Waals surface area contributed by atoms with E-state index in [4.69, 9.17) is 10.1 Å². The molecule has 8 heteroatoms. The number of non-ortho nitro benzene ring substituents is 1. The van der Waals surface area contributed by atoms with Gasteiger partial charge in [-0.25, -0.2) is 0 Å². The maximum absolute atomic E-state index is 11.6. The van der Waals surface area contributed by atoms with Crippen LogP contribution in [-0.2, 0) is 4.79 Å². The average molecular weight is 307 g/mol. The number of carbonyl (C=O) groups excluding carboxylic acids is 1. The summed E-state index contributed by atoms with van der Waals surface area (Å²) in [5.41, 5.74) is 0.370. The number of thioether (sulfide) groups is 1. The summed E-state index contributed by atoms with van der Waals surface area (Å²) in [4.78, 5) is 22.3. The highest BCUT2D eigenvalue weighted by atomic mass is 32.2. The van der Waals surface area contributed by atoms with Crippen LogP contribution in [0.15, 0.2) is 23.1 Å². The molecule has 1 fully saturated rings. The average Bonchev–Trinajstić information content (AvgIpc) is 2.75. The first kappa shape index (κ1) is 15.0. The number of nitro groups is 1. The Morgan fingerprint density at radius 2 is 2.29 bits per heavy atom. The maximum atomic E-state index is 11.6. The van der Waals surface area contributed by atoms with Crippen molar-refractivity contribution in [2.45, 2.75) is 13.3 Å².